The molecule has 0 saturated heterocycles. The van der Waals surface area contributed by atoms with Crippen molar-refractivity contribution in [2.24, 2.45) is 0 Å². The number of aromatic nitrogens is 1. The molecule has 0 N–H and O–H groups in total. The number of nitro groups is 1. The van der Waals surface area contributed by atoms with Crippen LogP contribution in [0.1, 0.15) is 28.4 Å². The number of rotatable bonds is 4. The lowest BCUT2D eigenvalue weighted by Gasteiger charge is -2.11. The zero-order chi connectivity index (χ0) is 15.6. The van der Waals surface area contributed by atoms with Gasteiger partial charge in [-0.15, -0.1) is 0 Å². The summed E-state index contributed by atoms with van der Waals surface area (Å²) >= 11 is 0. The molecule has 0 unspecified atom stereocenters. The second-order valence-electron chi connectivity index (χ2n) is 4.68. The summed E-state index contributed by atoms with van der Waals surface area (Å²) in [5.74, 6) is 0.482. The van der Waals surface area contributed by atoms with Crippen molar-refractivity contribution >= 4 is 11.5 Å². The van der Waals surface area contributed by atoms with Gasteiger partial charge in [0, 0.05) is 17.8 Å². The maximum absolute atomic E-state index is 11.5. The van der Waals surface area contributed by atoms with Gasteiger partial charge >= 0.3 is 0 Å². The van der Waals surface area contributed by atoms with Gasteiger partial charge in [0.15, 0.2) is 5.78 Å². The van der Waals surface area contributed by atoms with Crippen molar-refractivity contribution in [1.82, 2.24) is 4.98 Å². The van der Waals surface area contributed by atoms with E-state index in [2.05, 4.69) is 4.98 Å². The van der Waals surface area contributed by atoms with Gasteiger partial charge in [0.05, 0.1) is 10.5 Å². The van der Waals surface area contributed by atoms with Crippen LogP contribution in [0.2, 0.25) is 0 Å². The molecule has 2 rings (SSSR count). The topological polar surface area (TPSA) is 82.3 Å². The molecule has 0 aliphatic rings. The van der Waals surface area contributed by atoms with E-state index in [9.17, 15) is 14.9 Å². The number of nitrogens with zero attached hydrogens (tertiary/aromatic N) is 2. The van der Waals surface area contributed by atoms with E-state index in [1.54, 1.807) is 32.0 Å². The largest absolute Gasteiger partial charge is 0.438 e. The summed E-state index contributed by atoms with van der Waals surface area (Å²) in [5.41, 5.74) is 1.49. The third-order valence-electron chi connectivity index (χ3n) is 3.05. The first-order valence-electron chi connectivity index (χ1n) is 6.29. The van der Waals surface area contributed by atoms with Gasteiger partial charge in [0.25, 0.3) is 5.69 Å². The molecule has 0 aliphatic heterocycles. The van der Waals surface area contributed by atoms with Gasteiger partial charge in [-0.1, -0.05) is 0 Å². The first-order chi connectivity index (χ1) is 9.90. The molecule has 1 heterocycles. The predicted octanol–water partition coefficient (Wildman–Crippen LogP) is 3.60. The third kappa shape index (κ3) is 3.05. The Bertz CT molecular complexity index is 726. The van der Waals surface area contributed by atoms with Crippen molar-refractivity contribution in [3.63, 3.8) is 0 Å². The summed E-state index contributed by atoms with van der Waals surface area (Å²) in [6, 6.07) is 6.29. The van der Waals surface area contributed by atoms with Crippen molar-refractivity contribution < 1.29 is 14.5 Å². The number of hydrogen-bond donors (Lipinski definition) is 0. The molecule has 0 fully saturated rings. The Balaban J connectivity index is 2.44. The number of pyridine rings is 1. The van der Waals surface area contributed by atoms with Crippen LogP contribution in [-0.2, 0) is 0 Å². The van der Waals surface area contributed by atoms with E-state index in [1.165, 1.54) is 19.2 Å². The Morgan fingerprint density at radius 2 is 2.00 bits per heavy atom. The molecule has 1 aromatic carbocycles. The lowest BCUT2D eigenvalue weighted by Crippen LogP contribution is -2.01. The molecule has 21 heavy (non-hydrogen) atoms. The minimum absolute atomic E-state index is 0.0349. The summed E-state index contributed by atoms with van der Waals surface area (Å²) in [5, 5.41) is 10.9. The summed E-state index contributed by atoms with van der Waals surface area (Å²) in [6.07, 6.45) is 1.52. The molecule has 6 heteroatoms. The van der Waals surface area contributed by atoms with Gasteiger partial charge in [-0.2, -0.15) is 0 Å². The molecule has 108 valence electrons. The number of ether oxygens (including phenoxy) is 1. The van der Waals surface area contributed by atoms with E-state index >= 15 is 0 Å². The first-order valence-corrected chi connectivity index (χ1v) is 6.29. The minimum atomic E-state index is -0.437. The van der Waals surface area contributed by atoms with Gasteiger partial charge in [-0.05, 0) is 44.5 Å². The quantitative estimate of drug-likeness (QED) is 0.487. The van der Waals surface area contributed by atoms with Gasteiger partial charge in [-0.25, -0.2) is 4.98 Å². The van der Waals surface area contributed by atoms with E-state index in [0.717, 1.165) is 0 Å². The molecule has 6 nitrogen and oxygen atoms in total. The highest BCUT2D eigenvalue weighted by Crippen LogP contribution is 2.31. The average Bonchev–Trinajstić information content (AvgIpc) is 2.42. The SMILES string of the molecule is CC(=O)c1cccnc1Oc1cc(C)c([N+](=O)[O-])cc1C. The fourth-order valence-electron chi connectivity index (χ4n) is 1.93. The molecule has 2 aromatic rings. The Kier molecular flexibility index (Phi) is 3.98. The van der Waals surface area contributed by atoms with Crippen LogP contribution in [-0.4, -0.2) is 15.7 Å². The van der Waals surface area contributed by atoms with Crippen LogP contribution < -0.4 is 4.74 Å². The van der Waals surface area contributed by atoms with Gasteiger partial charge in [0.1, 0.15) is 5.75 Å². The highest BCUT2D eigenvalue weighted by atomic mass is 16.6. The molecule has 0 atom stereocenters. The van der Waals surface area contributed by atoms with Crippen molar-refractivity contribution in [3.05, 3.63) is 57.3 Å². The first kappa shape index (κ1) is 14.6. The fraction of sp³-hybridized carbons (Fsp3) is 0.200. The summed E-state index contributed by atoms with van der Waals surface area (Å²) in [6.45, 7) is 4.77. The van der Waals surface area contributed by atoms with Crippen LogP contribution in [0.15, 0.2) is 30.5 Å². The van der Waals surface area contributed by atoms with E-state index in [1.807, 2.05) is 0 Å². The summed E-state index contributed by atoms with van der Waals surface area (Å²) in [4.78, 5) is 26.0. The minimum Gasteiger partial charge on any atom is -0.438 e. The van der Waals surface area contributed by atoms with E-state index < -0.39 is 4.92 Å². The zero-order valence-corrected chi connectivity index (χ0v) is 11.9. The highest BCUT2D eigenvalue weighted by molar-refractivity contribution is 5.96. The average molecular weight is 286 g/mol. The lowest BCUT2D eigenvalue weighted by molar-refractivity contribution is -0.385. The van der Waals surface area contributed by atoms with Crippen LogP contribution in [0.3, 0.4) is 0 Å². The Hall–Kier alpha value is -2.76. The summed E-state index contributed by atoms with van der Waals surface area (Å²) < 4.78 is 5.66. The third-order valence-corrected chi connectivity index (χ3v) is 3.05. The van der Waals surface area contributed by atoms with Crippen molar-refractivity contribution in [2.45, 2.75) is 20.8 Å². The maximum Gasteiger partial charge on any atom is 0.272 e. The van der Waals surface area contributed by atoms with E-state index in [-0.39, 0.29) is 17.4 Å². The number of carbonyl (C=O) groups is 1. The smallest absolute Gasteiger partial charge is 0.272 e. The standard InChI is InChI=1S/C15H14N2O4/c1-9-8-14(10(2)7-13(9)17(19)20)21-15-12(11(3)18)5-4-6-16-15/h4-8H,1-3H3. The number of aryl methyl sites for hydroxylation is 2. The highest BCUT2D eigenvalue weighted by Gasteiger charge is 2.16. The van der Waals surface area contributed by atoms with Crippen LogP contribution >= 0.6 is 0 Å². The Morgan fingerprint density at radius 1 is 1.29 bits per heavy atom. The molecule has 0 amide bonds. The number of Topliss-reactive ketones (excluding diaryl/α,β-unsaturated/α-hetero) is 1. The lowest BCUT2D eigenvalue weighted by atomic mass is 10.1. The zero-order valence-electron chi connectivity index (χ0n) is 11.9. The van der Waals surface area contributed by atoms with Crippen molar-refractivity contribution in [1.29, 1.82) is 0 Å². The number of hydrogen-bond acceptors (Lipinski definition) is 5. The van der Waals surface area contributed by atoms with Crippen LogP contribution in [0.5, 0.6) is 11.6 Å². The second kappa shape index (κ2) is 5.70. The van der Waals surface area contributed by atoms with E-state index in [4.69, 9.17) is 4.74 Å². The van der Waals surface area contributed by atoms with Crippen LogP contribution in [0.4, 0.5) is 5.69 Å². The molecule has 0 radical (unpaired) electrons. The van der Waals surface area contributed by atoms with Crippen LogP contribution in [0.25, 0.3) is 0 Å². The Morgan fingerprint density at radius 3 is 2.62 bits per heavy atom. The van der Waals surface area contributed by atoms with Gasteiger partial charge in [-0.3, -0.25) is 14.9 Å². The second-order valence-corrected chi connectivity index (χ2v) is 4.68. The number of benzene rings is 1. The predicted molar refractivity (Wildman–Crippen MR) is 76.9 cm³/mol. The van der Waals surface area contributed by atoms with Crippen molar-refractivity contribution in [3.8, 4) is 11.6 Å². The van der Waals surface area contributed by atoms with Crippen molar-refractivity contribution in [2.75, 3.05) is 0 Å². The molecule has 0 spiro atoms. The monoisotopic (exact) mass is 286 g/mol. The number of ketones is 1. The number of carbonyl (C=O) groups excluding carboxylic acids is 1. The molecule has 0 aliphatic carbocycles. The fourth-order valence-corrected chi connectivity index (χ4v) is 1.93. The van der Waals surface area contributed by atoms with Gasteiger partial charge in [0.2, 0.25) is 5.88 Å². The summed E-state index contributed by atoms with van der Waals surface area (Å²) in [7, 11) is 0. The van der Waals surface area contributed by atoms with Gasteiger partial charge < -0.3 is 4.74 Å². The Labute approximate surface area is 121 Å². The normalized spacial score (nSPS) is 10.2. The number of nitro benzene ring substituents is 1. The molecular formula is C15H14N2O4. The maximum atomic E-state index is 11.5. The molecule has 0 bridgehead atoms. The molecule has 1 aromatic heterocycles. The molecule has 0 saturated carbocycles. The molecular weight excluding hydrogens is 272 g/mol. The van der Waals surface area contributed by atoms with Crippen LogP contribution in [0, 0.1) is 24.0 Å². The van der Waals surface area contributed by atoms with E-state index in [0.29, 0.717) is 22.4 Å².